The second-order valence-electron chi connectivity index (χ2n) is 3.64. The molecule has 1 rings (SSSR count). The van der Waals surface area contributed by atoms with E-state index in [9.17, 15) is 15.0 Å². The largest absolute Gasteiger partial charge is 0.493 e. The van der Waals surface area contributed by atoms with Crippen LogP contribution in [0.2, 0.25) is 0 Å². The zero-order valence-electron chi connectivity index (χ0n) is 10.7. The van der Waals surface area contributed by atoms with Crippen LogP contribution in [-0.2, 0) is 9.53 Å². The van der Waals surface area contributed by atoms with Crippen LogP contribution in [0.25, 0.3) is 0 Å². The van der Waals surface area contributed by atoms with Gasteiger partial charge in [-0.2, -0.15) is 0 Å². The summed E-state index contributed by atoms with van der Waals surface area (Å²) < 4.78 is 15.0. The van der Waals surface area contributed by atoms with E-state index in [1.807, 2.05) is 0 Å². The van der Waals surface area contributed by atoms with Crippen molar-refractivity contribution in [3.05, 3.63) is 22.2 Å². The quantitative estimate of drug-likeness (QED) is 0.782. The van der Waals surface area contributed by atoms with Gasteiger partial charge in [-0.3, -0.25) is 0 Å². The van der Waals surface area contributed by atoms with E-state index in [-0.39, 0.29) is 5.56 Å². The molecule has 2 unspecified atom stereocenters. The third kappa shape index (κ3) is 3.37. The number of halogens is 1. The number of aliphatic hydroxyl groups is 2. The third-order valence-electron chi connectivity index (χ3n) is 2.56. The SMILES string of the molecule is COC(=O)C(O)C(O)c1cc(OC)c(OC)cc1Br. The number of ether oxygens (including phenoxy) is 3. The summed E-state index contributed by atoms with van der Waals surface area (Å²) in [5.41, 5.74) is 0.288. The molecule has 0 fully saturated rings. The van der Waals surface area contributed by atoms with Gasteiger partial charge in [0.1, 0.15) is 6.10 Å². The Morgan fingerprint density at radius 2 is 1.68 bits per heavy atom. The average Bonchev–Trinajstić information content (AvgIpc) is 2.44. The number of hydrogen-bond donors (Lipinski definition) is 2. The topological polar surface area (TPSA) is 85.2 Å². The van der Waals surface area contributed by atoms with Crippen LogP contribution in [-0.4, -0.2) is 43.6 Å². The van der Waals surface area contributed by atoms with Crippen LogP contribution >= 0.6 is 15.9 Å². The molecule has 0 radical (unpaired) electrons. The predicted octanol–water partition coefficient (Wildman–Crippen LogP) is 1.03. The maximum atomic E-state index is 11.2. The van der Waals surface area contributed by atoms with Gasteiger partial charge >= 0.3 is 5.97 Å². The summed E-state index contributed by atoms with van der Waals surface area (Å²) in [6, 6.07) is 3.04. The lowest BCUT2D eigenvalue weighted by Gasteiger charge is -2.19. The number of rotatable bonds is 5. The number of esters is 1. The molecule has 0 amide bonds. The Hall–Kier alpha value is -1.31. The smallest absolute Gasteiger partial charge is 0.337 e. The number of hydrogen-bond acceptors (Lipinski definition) is 6. The van der Waals surface area contributed by atoms with Crippen LogP contribution in [0.15, 0.2) is 16.6 Å². The van der Waals surface area contributed by atoms with Gasteiger partial charge in [0.25, 0.3) is 0 Å². The molecule has 106 valence electrons. The molecule has 0 heterocycles. The summed E-state index contributed by atoms with van der Waals surface area (Å²) in [5.74, 6) is -0.0936. The molecule has 0 aliphatic rings. The second-order valence-corrected chi connectivity index (χ2v) is 4.50. The van der Waals surface area contributed by atoms with E-state index in [4.69, 9.17) is 9.47 Å². The van der Waals surface area contributed by atoms with Crippen molar-refractivity contribution in [2.24, 2.45) is 0 Å². The summed E-state index contributed by atoms with van der Waals surface area (Å²) in [6.45, 7) is 0. The van der Waals surface area contributed by atoms with Crippen LogP contribution in [0, 0.1) is 0 Å². The van der Waals surface area contributed by atoms with Crippen molar-refractivity contribution >= 4 is 21.9 Å². The first-order valence-corrected chi connectivity index (χ1v) is 6.11. The van der Waals surface area contributed by atoms with E-state index in [1.165, 1.54) is 20.3 Å². The van der Waals surface area contributed by atoms with E-state index in [0.29, 0.717) is 16.0 Å². The highest BCUT2D eigenvalue weighted by Gasteiger charge is 2.29. The van der Waals surface area contributed by atoms with Crippen molar-refractivity contribution < 1.29 is 29.2 Å². The Bertz CT molecular complexity index is 462. The molecule has 19 heavy (non-hydrogen) atoms. The third-order valence-corrected chi connectivity index (χ3v) is 3.25. The van der Waals surface area contributed by atoms with Gasteiger partial charge < -0.3 is 24.4 Å². The fourth-order valence-corrected chi connectivity index (χ4v) is 2.07. The Balaban J connectivity index is 3.16. The molecular formula is C12H15BrO6. The first-order chi connectivity index (χ1) is 8.96. The van der Waals surface area contributed by atoms with E-state index in [2.05, 4.69) is 20.7 Å². The summed E-state index contributed by atoms with van der Waals surface area (Å²) in [5, 5.41) is 19.6. The van der Waals surface area contributed by atoms with E-state index in [1.54, 1.807) is 6.07 Å². The van der Waals surface area contributed by atoms with Crippen molar-refractivity contribution in [3.8, 4) is 11.5 Å². The average molecular weight is 335 g/mol. The summed E-state index contributed by atoms with van der Waals surface area (Å²) in [6.07, 6.45) is -3.12. The first kappa shape index (κ1) is 15.7. The monoisotopic (exact) mass is 334 g/mol. The van der Waals surface area contributed by atoms with Gasteiger partial charge in [-0.1, -0.05) is 15.9 Å². The van der Waals surface area contributed by atoms with Gasteiger partial charge in [0.15, 0.2) is 17.6 Å². The molecular weight excluding hydrogens is 320 g/mol. The van der Waals surface area contributed by atoms with Crippen LogP contribution < -0.4 is 9.47 Å². The van der Waals surface area contributed by atoms with Gasteiger partial charge in [-0.05, 0) is 12.1 Å². The van der Waals surface area contributed by atoms with Crippen LogP contribution in [0.5, 0.6) is 11.5 Å². The normalized spacial score (nSPS) is 13.6. The fraction of sp³-hybridized carbons (Fsp3) is 0.417. The molecule has 0 bridgehead atoms. The van der Waals surface area contributed by atoms with Crippen LogP contribution in [0.4, 0.5) is 0 Å². The van der Waals surface area contributed by atoms with Gasteiger partial charge in [0.05, 0.1) is 21.3 Å². The van der Waals surface area contributed by atoms with Gasteiger partial charge in [0, 0.05) is 10.0 Å². The molecule has 0 saturated carbocycles. The highest BCUT2D eigenvalue weighted by atomic mass is 79.9. The molecule has 0 spiro atoms. The van der Waals surface area contributed by atoms with Gasteiger partial charge in [0.2, 0.25) is 0 Å². The maximum Gasteiger partial charge on any atom is 0.337 e. The van der Waals surface area contributed by atoms with E-state index >= 15 is 0 Å². The molecule has 7 heteroatoms. The fourth-order valence-electron chi connectivity index (χ4n) is 1.52. The summed E-state index contributed by atoms with van der Waals surface area (Å²) in [4.78, 5) is 11.2. The molecule has 6 nitrogen and oxygen atoms in total. The van der Waals surface area contributed by atoms with Gasteiger partial charge in [-0.15, -0.1) is 0 Å². The standard InChI is InChI=1S/C12H15BrO6/c1-17-8-4-6(7(13)5-9(8)18-2)10(14)11(15)12(16)19-3/h4-5,10-11,14-15H,1-3H3. The molecule has 2 atom stereocenters. The highest BCUT2D eigenvalue weighted by Crippen LogP contribution is 2.36. The molecule has 1 aromatic carbocycles. The number of carbonyl (C=O) groups excluding carboxylic acids is 1. The van der Waals surface area contributed by atoms with Crippen LogP contribution in [0.1, 0.15) is 11.7 Å². The Kier molecular flexibility index (Phi) is 5.59. The number of methoxy groups -OCH3 is 3. The van der Waals surface area contributed by atoms with Gasteiger partial charge in [-0.25, -0.2) is 4.79 Å². The molecule has 0 saturated heterocycles. The first-order valence-electron chi connectivity index (χ1n) is 5.31. The van der Waals surface area contributed by atoms with Crippen molar-refractivity contribution in [1.29, 1.82) is 0 Å². The van der Waals surface area contributed by atoms with E-state index < -0.39 is 18.2 Å². The van der Waals surface area contributed by atoms with Crippen LogP contribution in [0.3, 0.4) is 0 Å². The second kappa shape index (κ2) is 6.74. The van der Waals surface area contributed by atoms with Crippen molar-refractivity contribution in [1.82, 2.24) is 0 Å². The minimum Gasteiger partial charge on any atom is -0.493 e. The Labute approximate surface area is 119 Å². The lowest BCUT2D eigenvalue weighted by molar-refractivity contribution is -0.156. The lowest BCUT2D eigenvalue weighted by atomic mass is 10.0. The minimum absolute atomic E-state index is 0.288. The molecule has 0 aliphatic heterocycles. The zero-order chi connectivity index (χ0) is 14.6. The van der Waals surface area contributed by atoms with Crippen molar-refractivity contribution in [2.45, 2.75) is 12.2 Å². The minimum atomic E-state index is -1.68. The maximum absolute atomic E-state index is 11.2. The number of carbonyl (C=O) groups is 1. The highest BCUT2D eigenvalue weighted by molar-refractivity contribution is 9.10. The number of benzene rings is 1. The molecule has 0 aromatic heterocycles. The van der Waals surface area contributed by atoms with Crippen molar-refractivity contribution in [2.75, 3.05) is 21.3 Å². The Morgan fingerprint density at radius 1 is 1.16 bits per heavy atom. The Morgan fingerprint density at radius 3 is 2.16 bits per heavy atom. The molecule has 2 N–H and O–H groups in total. The lowest BCUT2D eigenvalue weighted by Crippen LogP contribution is -2.29. The van der Waals surface area contributed by atoms with E-state index in [0.717, 1.165) is 7.11 Å². The summed E-state index contributed by atoms with van der Waals surface area (Å²) in [7, 11) is 4.05. The molecule has 1 aromatic rings. The zero-order valence-corrected chi connectivity index (χ0v) is 12.3. The molecule has 0 aliphatic carbocycles. The predicted molar refractivity (Wildman–Crippen MR) is 70.2 cm³/mol. The number of aliphatic hydroxyl groups excluding tert-OH is 2. The van der Waals surface area contributed by atoms with Crippen molar-refractivity contribution in [3.63, 3.8) is 0 Å². The summed E-state index contributed by atoms with van der Waals surface area (Å²) >= 11 is 3.23.